The second-order valence-corrected chi connectivity index (χ2v) is 3.61. The molecule has 1 rings (SSSR count). The lowest BCUT2D eigenvalue weighted by molar-refractivity contribution is 0.168. The molecule has 0 spiro atoms. The predicted octanol–water partition coefficient (Wildman–Crippen LogP) is 1.12. The van der Waals surface area contributed by atoms with Crippen LogP contribution in [-0.2, 0) is 0 Å². The van der Waals surface area contributed by atoms with Gasteiger partial charge in [-0.3, -0.25) is 0 Å². The highest BCUT2D eigenvalue weighted by molar-refractivity contribution is 7.99. The molecule has 1 aliphatic heterocycles. The zero-order chi connectivity index (χ0) is 5.98. The summed E-state index contributed by atoms with van der Waals surface area (Å²) in [6, 6.07) is 0. The minimum Gasteiger partial charge on any atom is -0.392 e. The third kappa shape index (κ3) is 1.67. The van der Waals surface area contributed by atoms with E-state index >= 15 is 0 Å². The SMILES string of the molecule is C[C@H]1CSC[C@@H](O)C1. The molecule has 1 fully saturated rings. The van der Waals surface area contributed by atoms with Crippen molar-refractivity contribution in [2.75, 3.05) is 11.5 Å². The van der Waals surface area contributed by atoms with Crippen LogP contribution in [0.3, 0.4) is 0 Å². The average molecular weight is 132 g/mol. The van der Waals surface area contributed by atoms with Crippen LogP contribution in [0.4, 0.5) is 0 Å². The molecule has 0 aromatic heterocycles. The third-order valence-electron chi connectivity index (χ3n) is 1.39. The number of aliphatic hydroxyl groups is 1. The van der Waals surface area contributed by atoms with Gasteiger partial charge in [0.15, 0.2) is 0 Å². The summed E-state index contributed by atoms with van der Waals surface area (Å²) in [6.45, 7) is 2.19. The highest BCUT2D eigenvalue weighted by atomic mass is 32.2. The standard InChI is InChI=1S/C6H12OS/c1-5-2-6(7)4-8-3-5/h5-7H,2-4H2,1H3/t5-,6+/m1/s1. The Bertz CT molecular complexity index is 66.9. The van der Waals surface area contributed by atoms with Crippen molar-refractivity contribution in [1.82, 2.24) is 0 Å². The van der Waals surface area contributed by atoms with Crippen LogP contribution in [0.5, 0.6) is 0 Å². The minimum absolute atomic E-state index is 0.0243. The van der Waals surface area contributed by atoms with E-state index < -0.39 is 0 Å². The summed E-state index contributed by atoms with van der Waals surface area (Å²) in [6.07, 6.45) is 0.983. The summed E-state index contributed by atoms with van der Waals surface area (Å²) in [4.78, 5) is 0. The molecule has 1 N–H and O–H groups in total. The Labute approximate surface area is 54.5 Å². The van der Waals surface area contributed by atoms with Gasteiger partial charge in [-0.15, -0.1) is 0 Å². The number of hydrogen-bond acceptors (Lipinski definition) is 2. The number of thioether (sulfide) groups is 1. The molecular weight excluding hydrogens is 120 g/mol. The van der Waals surface area contributed by atoms with E-state index in [-0.39, 0.29) is 6.10 Å². The van der Waals surface area contributed by atoms with E-state index in [0.717, 1.165) is 18.1 Å². The molecule has 0 unspecified atom stereocenters. The first-order valence-corrected chi connectivity index (χ1v) is 4.20. The lowest BCUT2D eigenvalue weighted by Gasteiger charge is -2.21. The van der Waals surface area contributed by atoms with Crippen LogP contribution >= 0.6 is 11.8 Å². The molecule has 1 heterocycles. The van der Waals surface area contributed by atoms with E-state index in [4.69, 9.17) is 5.11 Å². The first-order chi connectivity index (χ1) is 3.79. The van der Waals surface area contributed by atoms with E-state index in [1.165, 1.54) is 5.75 Å². The van der Waals surface area contributed by atoms with Gasteiger partial charge in [0.25, 0.3) is 0 Å². The maximum atomic E-state index is 9.06. The van der Waals surface area contributed by atoms with E-state index in [1.807, 2.05) is 11.8 Å². The quantitative estimate of drug-likeness (QED) is 0.533. The molecule has 0 bridgehead atoms. The fourth-order valence-corrected chi connectivity index (χ4v) is 2.09. The summed E-state index contributed by atoms with van der Waals surface area (Å²) in [5.41, 5.74) is 0. The van der Waals surface area contributed by atoms with Gasteiger partial charge < -0.3 is 5.11 Å². The molecular formula is C6H12OS. The van der Waals surface area contributed by atoms with Crippen molar-refractivity contribution in [2.45, 2.75) is 19.4 Å². The van der Waals surface area contributed by atoms with Crippen molar-refractivity contribution >= 4 is 11.8 Å². The second kappa shape index (κ2) is 2.74. The van der Waals surface area contributed by atoms with E-state index in [9.17, 15) is 0 Å². The molecule has 2 atom stereocenters. The van der Waals surface area contributed by atoms with Crippen molar-refractivity contribution in [3.05, 3.63) is 0 Å². The predicted molar refractivity (Wildman–Crippen MR) is 37.1 cm³/mol. The molecule has 1 saturated heterocycles. The molecule has 0 radical (unpaired) electrons. The van der Waals surface area contributed by atoms with Gasteiger partial charge >= 0.3 is 0 Å². The minimum atomic E-state index is -0.0243. The molecule has 2 heteroatoms. The van der Waals surface area contributed by atoms with Crippen LogP contribution in [0, 0.1) is 5.92 Å². The normalized spacial score (nSPS) is 39.8. The van der Waals surface area contributed by atoms with E-state index in [1.54, 1.807) is 0 Å². The lowest BCUT2D eigenvalue weighted by atomic mass is 10.1. The molecule has 8 heavy (non-hydrogen) atoms. The monoisotopic (exact) mass is 132 g/mol. The van der Waals surface area contributed by atoms with Crippen molar-refractivity contribution in [3.8, 4) is 0 Å². The van der Waals surface area contributed by atoms with Gasteiger partial charge in [0, 0.05) is 5.75 Å². The molecule has 0 aliphatic carbocycles. The van der Waals surface area contributed by atoms with Crippen LogP contribution in [-0.4, -0.2) is 22.7 Å². The first kappa shape index (κ1) is 6.43. The van der Waals surface area contributed by atoms with Gasteiger partial charge in [0.1, 0.15) is 0 Å². The van der Waals surface area contributed by atoms with Crippen molar-refractivity contribution < 1.29 is 5.11 Å². The largest absolute Gasteiger partial charge is 0.392 e. The van der Waals surface area contributed by atoms with Crippen LogP contribution in [0.1, 0.15) is 13.3 Å². The Morgan fingerprint density at radius 2 is 2.25 bits per heavy atom. The molecule has 0 amide bonds. The van der Waals surface area contributed by atoms with Gasteiger partial charge in [-0.25, -0.2) is 0 Å². The van der Waals surface area contributed by atoms with Crippen molar-refractivity contribution in [2.24, 2.45) is 5.92 Å². The fraction of sp³-hybridized carbons (Fsp3) is 1.00. The Balaban J connectivity index is 2.23. The van der Waals surface area contributed by atoms with Gasteiger partial charge in [0.05, 0.1) is 6.10 Å². The Hall–Kier alpha value is 0.310. The maximum Gasteiger partial charge on any atom is 0.0633 e. The van der Waals surface area contributed by atoms with Crippen LogP contribution < -0.4 is 0 Å². The van der Waals surface area contributed by atoms with Crippen molar-refractivity contribution in [1.29, 1.82) is 0 Å². The summed E-state index contributed by atoms with van der Waals surface area (Å²) < 4.78 is 0. The average Bonchev–Trinajstić information content (AvgIpc) is 1.64. The first-order valence-electron chi connectivity index (χ1n) is 3.05. The van der Waals surface area contributed by atoms with Gasteiger partial charge in [-0.05, 0) is 18.1 Å². The molecule has 0 saturated carbocycles. The van der Waals surface area contributed by atoms with Crippen LogP contribution in [0.25, 0.3) is 0 Å². The Kier molecular flexibility index (Phi) is 2.20. The highest BCUT2D eigenvalue weighted by Crippen LogP contribution is 2.21. The summed E-state index contributed by atoms with van der Waals surface area (Å²) in [5.74, 6) is 2.91. The zero-order valence-electron chi connectivity index (χ0n) is 5.13. The second-order valence-electron chi connectivity index (χ2n) is 2.53. The van der Waals surface area contributed by atoms with Gasteiger partial charge in [0.2, 0.25) is 0 Å². The number of rotatable bonds is 0. The number of hydrogen-bond donors (Lipinski definition) is 1. The summed E-state index contributed by atoms with van der Waals surface area (Å²) >= 11 is 1.86. The highest BCUT2D eigenvalue weighted by Gasteiger charge is 2.15. The molecule has 0 aromatic carbocycles. The maximum absolute atomic E-state index is 9.06. The molecule has 48 valence electrons. The molecule has 0 aromatic rings. The van der Waals surface area contributed by atoms with E-state index in [0.29, 0.717) is 0 Å². The number of aliphatic hydroxyl groups excluding tert-OH is 1. The Morgan fingerprint density at radius 1 is 1.50 bits per heavy atom. The molecule has 1 aliphatic rings. The topological polar surface area (TPSA) is 20.2 Å². The van der Waals surface area contributed by atoms with E-state index in [2.05, 4.69) is 6.92 Å². The van der Waals surface area contributed by atoms with Gasteiger partial charge in [-0.2, -0.15) is 11.8 Å². The third-order valence-corrected chi connectivity index (χ3v) is 2.81. The van der Waals surface area contributed by atoms with Crippen molar-refractivity contribution in [3.63, 3.8) is 0 Å². The summed E-state index contributed by atoms with van der Waals surface area (Å²) in [7, 11) is 0. The Morgan fingerprint density at radius 3 is 2.62 bits per heavy atom. The fourth-order valence-electron chi connectivity index (χ4n) is 1.01. The van der Waals surface area contributed by atoms with Gasteiger partial charge in [-0.1, -0.05) is 6.92 Å². The summed E-state index contributed by atoms with van der Waals surface area (Å²) in [5, 5.41) is 9.06. The lowest BCUT2D eigenvalue weighted by Crippen LogP contribution is -2.21. The van der Waals surface area contributed by atoms with Crippen LogP contribution in [0.15, 0.2) is 0 Å². The molecule has 1 nitrogen and oxygen atoms in total. The smallest absolute Gasteiger partial charge is 0.0633 e. The van der Waals surface area contributed by atoms with Crippen LogP contribution in [0.2, 0.25) is 0 Å². The zero-order valence-corrected chi connectivity index (χ0v) is 5.95.